The van der Waals surface area contributed by atoms with Gasteiger partial charge >= 0.3 is 6.36 Å². The highest BCUT2D eigenvalue weighted by atomic mass is 79.9. The molecular weight excluding hydrogens is 613 g/mol. The van der Waals surface area contributed by atoms with E-state index in [4.69, 9.17) is 5.73 Å². The average molecular weight is 642 g/mol. The van der Waals surface area contributed by atoms with E-state index in [1.165, 1.54) is 43.0 Å². The van der Waals surface area contributed by atoms with E-state index in [0.717, 1.165) is 17.5 Å². The third-order valence-corrected chi connectivity index (χ3v) is 7.31. The lowest BCUT2D eigenvalue weighted by Gasteiger charge is -2.17. The van der Waals surface area contributed by atoms with Gasteiger partial charge in [0.2, 0.25) is 0 Å². The third kappa shape index (κ3) is 9.16. The standard InChI is InChI=1S/C28H29Br2F3N2O2/c1-2-3-4-6-18-9-11-19(12-10-18)17-35-27(36)21-14-24(29)23(25(30)15-21)16-26(34)20-7-5-8-22(13-20)37-28(31,32)33/h5,7-15,26H,2-4,6,16-17,34H2,1H3,(H,35,36). The van der Waals surface area contributed by atoms with Crippen molar-refractivity contribution in [2.75, 3.05) is 0 Å². The third-order valence-electron chi connectivity index (χ3n) is 5.89. The van der Waals surface area contributed by atoms with Gasteiger partial charge in [0.05, 0.1) is 0 Å². The van der Waals surface area contributed by atoms with E-state index in [-0.39, 0.29) is 11.7 Å². The van der Waals surface area contributed by atoms with Crippen LogP contribution in [0.5, 0.6) is 5.75 Å². The summed E-state index contributed by atoms with van der Waals surface area (Å²) in [5, 5.41) is 2.94. The van der Waals surface area contributed by atoms with Crippen molar-refractivity contribution in [1.82, 2.24) is 5.32 Å². The van der Waals surface area contributed by atoms with Gasteiger partial charge in [-0.3, -0.25) is 4.79 Å². The summed E-state index contributed by atoms with van der Waals surface area (Å²) in [7, 11) is 0. The predicted octanol–water partition coefficient (Wildman–Crippen LogP) is 8.02. The van der Waals surface area contributed by atoms with Crippen LogP contribution in [-0.4, -0.2) is 12.3 Å². The molecule has 0 fully saturated rings. The van der Waals surface area contributed by atoms with Gasteiger partial charge in [-0.2, -0.15) is 0 Å². The molecule has 0 radical (unpaired) electrons. The van der Waals surface area contributed by atoms with E-state index < -0.39 is 12.4 Å². The van der Waals surface area contributed by atoms with E-state index in [0.29, 0.717) is 33.0 Å². The second kappa shape index (κ2) is 13.4. The lowest BCUT2D eigenvalue weighted by Crippen LogP contribution is -2.23. The molecule has 1 unspecified atom stereocenters. The Morgan fingerprint density at radius 2 is 1.65 bits per heavy atom. The van der Waals surface area contributed by atoms with Crippen molar-refractivity contribution in [1.29, 1.82) is 0 Å². The SMILES string of the molecule is CCCCCc1ccc(CNC(=O)c2cc(Br)c(CC(N)c3cccc(OC(F)(F)F)c3)c(Br)c2)cc1. The molecule has 37 heavy (non-hydrogen) atoms. The van der Waals surface area contributed by atoms with Gasteiger partial charge in [0.15, 0.2) is 0 Å². The Balaban J connectivity index is 1.62. The van der Waals surface area contributed by atoms with Crippen LogP contribution < -0.4 is 15.8 Å². The Morgan fingerprint density at radius 3 is 2.27 bits per heavy atom. The monoisotopic (exact) mass is 640 g/mol. The lowest BCUT2D eigenvalue weighted by molar-refractivity contribution is -0.274. The topological polar surface area (TPSA) is 64.4 Å². The smallest absolute Gasteiger partial charge is 0.406 e. The summed E-state index contributed by atoms with van der Waals surface area (Å²) in [6, 6.07) is 16.7. The number of ether oxygens (including phenoxy) is 1. The number of alkyl halides is 3. The van der Waals surface area contributed by atoms with E-state index in [2.05, 4.69) is 61.0 Å². The summed E-state index contributed by atoms with van der Waals surface area (Å²) in [6.45, 7) is 2.60. The summed E-state index contributed by atoms with van der Waals surface area (Å²) in [4.78, 5) is 12.8. The zero-order valence-electron chi connectivity index (χ0n) is 20.4. The normalized spacial score (nSPS) is 12.3. The van der Waals surface area contributed by atoms with Crippen molar-refractivity contribution in [2.45, 2.75) is 58.0 Å². The molecular formula is C28H29Br2F3N2O2. The summed E-state index contributed by atoms with van der Waals surface area (Å²) in [5.74, 6) is -0.544. The molecule has 0 heterocycles. The van der Waals surface area contributed by atoms with Crippen LogP contribution in [0.2, 0.25) is 0 Å². The fourth-order valence-electron chi connectivity index (χ4n) is 3.90. The van der Waals surface area contributed by atoms with Crippen LogP contribution in [-0.2, 0) is 19.4 Å². The number of benzene rings is 3. The molecule has 0 saturated heterocycles. The largest absolute Gasteiger partial charge is 0.573 e. The van der Waals surface area contributed by atoms with Gasteiger partial charge in [-0.1, -0.05) is 88.0 Å². The number of carbonyl (C=O) groups excluding carboxylic acids is 1. The molecule has 3 rings (SSSR count). The van der Waals surface area contributed by atoms with Crippen molar-refractivity contribution in [3.63, 3.8) is 0 Å². The molecule has 0 aliphatic rings. The van der Waals surface area contributed by atoms with Crippen molar-refractivity contribution >= 4 is 37.8 Å². The minimum atomic E-state index is -4.77. The van der Waals surface area contributed by atoms with Crippen LogP contribution in [0, 0.1) is 0 Å². The van der Waals surface area contributed by atoms with Crippen LogP contribution in [0.3, 0.4) is 0 Å². The molecule has 3 aromatic rings. The first kappa shape index (κ1) is 29.2. The Bertz CT molecular complexity index is 1180. The van der Waals surface area contributed by atoms with Gasteiger partial charge in [0.25, 0.3) is 5.91 Å². The van der Waals surface area contributed by atoms with Gasteiger partial charge < -0.3 is 15.8 Å². The van der Waals surface area contributed by atoms with Gasteiger partial charge in [0.1, 0.15) is 5.75 Å². The van der Waals surface area contributed by atoms with Crippen molar-refractivity contribution in [3.8, 4) is 5.75 Å². The number of nitrogens with one attached hydrogen (secondary N) is 1. The number of carbonyl (C=O) groups is 1. The molecule has 1 atom stereocenters. The number of halogens is 5. The molecule has 198 valence electrons. The number of hydrogen-bond donors (Lipinski definition) is 2. The average Bonchev–Trinajstić information content (AvgIpc) is 2.84. The Labute approximate surface area is 232 Å². The van der Waals surface area contributed by atoms with Crippen LogP contribution in [0.4, 0.5) is 13.2 Å². The number of amides is 1. The van der Waals surface area contributed by atoms with Crippen LogP contribution in [0.15, 0.2) is 69.6 Å². The maximum atomic E-state index is 12.8. The summed E-state index contributed by atoms with van der Waals surface area (Å²) in [5.41, 5.74) is 10.4. The number of nitrogens with two attached hydrogens (primary N) is 1. The van der Waals surface area contributed by atoms with Gasteiger partial charge in [-0.25, -0.2) is 0 Å². The maximum absolute atomic E-state index is 12.8. The van der Waals surface area contributed by atoms with Crippen molar-refractivity contribution in [3.05, 3.63) is 97.4 Å². The summed E-state index contributed by atoms with van der Waals surface area (Å²) in [6.07, 6.45) is 0.198. The van der Waals surface area contributed by atoms with Gasteiger partial charge in [-0.05, 0) is 65.8 Å². The van der Waals surface area contributed by atoms with Crippen molar-refractivity contribution in [2.24, 2.45) is 5.73 Å². The second-order valence-electron chi connectivity index (χ2n) is 8.81. The molecule has 3 aromatic carbocycles. The molecule has 3 N–H and O–H groups in total. The molecule has 0 aliphatic carbocycles. The van der Waals surface area contributed by atoms with Crippen molar-refractivity contribution < 1.29 is 22.7 Å². The number of unbranched alkanes of at least 4 members (excludes halogenated alkanes) is 2. The molecule has 1 amide bonds. The lowest BCUT2D eigenvalue weighted by atomic mass is 9.98. The van der Waals surface area contributed by atoms with E-state index >= 15 is 0 Å². The minimum absolute atomic E-state index is 0.221. The van der Waals surface area contributed by atoms with Crippen LogP contribution in [0.25, 0.3) is 0 Å². The Kier molecular flexibility index (Phi) is 10.6. The fraction of sp³-hybridized carbons (Fsp3) is 0.321. The molecule has 0 aliphatic heterocycles. The van der Waals surface area contributed by atoms with E-state index in [9.17, 15) is 18.0 Å². The molecule has 9 heteroatoms. The molecule has 0 bridgehead atoms. The first-order valence-electron chi connectivity index (χ1n) is 12.0. The second-order valence-corrected chi connectivity index (χ2v) is 10.5. The highest BCUT2D eigenvalue weighted by Gasteiger charge is 2.31. The van der Waals surface area contributed by atoms with Gasteiger partial charge in [0, 0.05) is 27.1 Å². The highest BCUT2D eigenvalue weighted by Crippen LogP contribution is 2.32. The van der Waals surface area contributed by atoms with Crippen LogP contribution in [0.1, 0.15) is 64.8 Å². The zero-order chi connectivity index (χ0) is 27.0. The number of rotatable bonds is 11. The quantitative estimate of drug-likeness (QED) is 0.209. The van der Waals surface area contributed by atoms with E-state index in [1.807, 2.05) is 12.1 Å². The Hall–Kier alpha value is -2.36. The molecule has 0 aromatic heterocycles. The minimum Gasteiger partial charge on any atom is -0.406 e. The fourth-order valence-corrected chi connectivity index (χ4v) is 5.41. The summed E-state index contributed by atoms with van der Waals surface area (Å²) >= 11 is 7.02. The van der Waals surface area contributed by atoms with E-state index in [1.54, 1.807) is 18.2 Å². The number of hydrogen-bond acceptors (Lipinski definition) is 3. The highest BCUT2D eigenvalue weighted by molar-refractivity contribution is 9.11. The maximum Gasteiger partial charge on any atom is 0.573 e. The summed E-state index contributed by atoms with van der Waals surface area (Å²) < 4.78 is 43.0. The van der Waals surface area contributed by atoms with Gasteiger partial charge in [-0.15, -0.1) is 13.2 Å². The molecule has 4 nitrogen and oxygen atoms in total. The van der Waals surface area contributed by atoms with Crippen LogP contribution >= 0.6 is 31.9 Å². The molecule has 0 saturated carbocycles. The Morgan fingerprint density at radius 1 is 1.00 bits per heavy atom. The predicted molar refractivity (Wildman–Crippen MR) is 146 cm³/mol. The first-order chi connectivity index (χ1) is 17.6. The zero-order valence-corrected chi connectivity index (χ0v) is 23.5. The number of aryl methyl sites for hydroxylation is 1. The first-order valence-corrected chi connectivity index (χ1v) is 13.6. The molecule has 0 spiro atoms.